The number of carbonyl (C=O) groups is 2. The first-order valence-corrected chi connectivity index (χ1v) is 8.62. The van der Waals surface area contributed by atoms with Crippen molar-refractivity contribution in [3.05, 3.63) is 0 Å². The Hall–Kier alpha value is -1.06. The Morgan fingerprint density at radius 3 is 2.19 bits per heavy atom. The SMILES string of the molecule is CCC(CC)N1C(=O)C(C(C)C)NC(=O)C12CCCCC2. The quantitative estimate of drug-likeness (QED) is 0.866. The standard InChI is InChI=1S/C17H30N2O2/c1-5-13(6-2)19-15(20)14(12(3)4)18-16(21)17(19)10-8-7-9-11-17/h12-14H,5-11H2,1-4H3,(H,18,21). The Kier molecular flexibility index (Phi) is 4.95. The minimum absolute atomic E-state index is 0.0902. The fourth-order valence-corrected chi connectivity index (χ4v) is 4.05. The van der Waals surface area contributed by atoms with Crippen molar-refractivity contribution < 1.29 is 9.59 Å². The lowest BCUT2D eigenvalue weighted by molar-refractivity contribution is -0.165. The number of rotatable bonds is 4. The van der Waals surface area contributed by atoms with Crippen LogP contribution in [0.5, 0.6) is 0 Å². The number of carbonyl (C=O) groups excluding carboxylic acids is 2. The normalized spacial score (nSPS) is 25.8. The predicted molar refractivity (Wildman–Crippen MR) is 83.8 cm³/mol. The van der Waals surface area contributed by atoms with E-state index in [1.54, 1.807) is 0 Å². The molecular formula is C17H30N2O2. The molecule has 0 aromatic carbocycles. The van der Waals surface area contributed by atoms with Gasteiger partial charge in [-0.2, -0.15) is 0 Å². The van der Waals surface area contributed by atoms with Gasteiger partial charge < -0.3 is 10.2 Å². The van der Waals surface area contributed by atoms with Gasteiger partial charge in [-0.1, -0.05) is 47.0 Å². The largest absolute Gasteiger partial charge is 0.342 e. The third-order valence-corrected chi connectivity index (χ3v) is 5.33. The van der Waals surface area contributed by atoms with Gasteiger partial charge in [0.2, 0.25) is 11.8 Å². The molecule has 120 valence electrons. The molecule has 1 saturated carbocycles. The van der Waals surface area contributed by atoms with Gasteiger partial charge in [0.05, 0.1) is 0 Å². The van der Waals surface area contributed by atoms with E-state index in [0.29, 0.717) is 0 Å². The molecule has 0 aromatic rings. The highest BCUT2D eigenvalue weighted by Crippen LogP contribution is 2.39. The first-order valence-electron chi connectivity index (χ1n) is 8.62. The monoisotopic (exact) mass is 294 g/mol. The molecule has 2 rings (SSSR count). The Morgan fingerprint density at radius 1 is 1.14 bits per heavy atom. The van der Waals surface area contributed by atoms with Crippen molar-refractivity contribution in [1.29, 1.82) is 0 Å². The molecule has 2 aliphatic rings. The van der Waals surface area contributed by atoms with Crippen LogP contribution in [0.25, 0.3) is 0 Å². The molecular weight excluding hydrogens is 264 g/mol. The molecule has 4 nitrogen and oxygen atoms in total. The van der Waals surface area contributed by atoms with Crippen molar-refractivity contribution in [2.45, 2.75) is 90.3 Å². The summed E-state index contributed by atoms with van der Waals surface area (Å²) in [4.78, 5) is 27.9. The lowest BCUT2D eigenvalue weighted by Gasteiger charge is -2.53. The minimum atomic E-state index is -0.572. The van der Waals surface area contributed by atoms with E-state index >= 15 is 0 Å². The van der Waals surface area contributed by atoms with Gasteiger partial charge in [0.1, 0.15) is 11.6 Å². The number of amides is 2. The lowest BCUT2D eigenvalue weighted by Crippen LogP contribution is -2.73. The van der Waals surface area contributed by atoms with Crippen molar-refractivity contribution in [3.63, 3.8) is 0 Å². The van der Waals surface area contributed by atoms with Gasteiger partial charge in [0.25, 0.3) is 0 Å². The molecule has 21 heavy (non-hydrogen) atoms. The van der Waals surface area contributed by atoms with Gasteiger partial charge in [-0.25, -0.2) is 0 Å². The smallest absolute Gasteiger partial charge is 0.246 e. The fourth-order valence-electron chi connectivity index (χ4n) is 4.05. The fraction of sp³-hybridized carbons (Fsp3) is 0.882. The highest BCUT2D eigenvalue weighted by molar-refractivity contribution is 6.00. The number of nitrogens with one attached hydrogen (secondary N) is 1. The van der Waals surface area contributed by atoms with Crippen LogP contribution in [-0.2, 0) is 9.59 Å². The summed E-state index contributed by atoms with van der Waals surface area (Å²) in [6.07, 6.45) is 6.75. The summed E-state index contributed by atoms with van der Waals surface area (Å²) in [6.45, 7) is 8.25. The van der Waals surface area contributed by atoms with Crippen molar-refractivity contribution >= 4 is 11.8 Å². The van der Waals surface area contributed by atoms with Crippen molar-refractivity contribution in [2.75, 3.05) is 0 Å². The summed E-state index contributed by atoms with van der Waals surface area (Å²) < 4.78 is 0. The maximum absolute atomic E-state index is 13.1. The van der Waals surface area contributed by atoms with Crippen LogP contribution in [0.15, 0.2) is 0 Å². The Balaban J connectivity index is 2.41. The Bertz CT molecular complexity index is 396. The summed E-state index contributed by atoms with van der Waals surface area (Å²) >= 11 is 0. The first-order chi connectivity index (χ1) is 9.97. The van der Waals surface area contributed by atoms with Crippen LogP contribution in [-0.4, -0.2) is 34.3 Å². The molecule has 2 fully saturated rings. The van der Waals surface area contributed by atoms with Gasteiger partial charge in [-0.3, -0.25) is 9.59 Å². The molecule has 0 aromatic heterocycles. The molecule has 2 amide bonds. The van der Waals surface area contributed by atoms with E-state index in [1.807, 2.05) is 18.7 Å². The van der Waals surface area contributed by atoms with Crippen LogP contribution >= 0.6 is 0 Å². The van der Waals surface area contributed by atoms with Gasteiger partial charge in [-0.05, 0) is 31.6 Å². The highest BCUT2D eigenvalue weighted by atomic mass is 16.2. The third-order valence-electron chi connectivity index (χ3n) is 5.33. The van der Waals surface area contributed by atoms with E-state index in [0.717, 1.165) is 38.5 Å². The van der Waals surface area contributed by atoms with Crippen LogP contribution in [0.3, 0.4) is 0 Å². The van der Waals surface area contributed by atoms with E-state index < -0.39 is 5.54 Å². The van der Waals surface area contributed by atoms with Crippen LogP contribution < -0.4 is 5.32 Å². The zero-order chi connectivity index (χ0) is 15.6. The molecule has 4 heteroatoms. The maximum atomic E-state index is 13.1. The van der Waals surface area contributed by atoms with Gasteiger partial charge in [0.15, 0.2) is 0 Å². The molecule has 1 aliphatic carbocycles. The zero-order valence-electron chi connectivity index (χ0n) is 13.9. The van der Waals surface area contributed by atoms with Crippen LogP contribution in [0, 0.1) is 5.92 Å². The first kappa shape index (κ1) is 16.3. The predicted octanol–water partition coefficient (Wildman–Crippen LogP) is 2.86. The third kappa shape index (κ3) is 2.69. The molecule has 0 bridgehead atoms. The zero-order valence-corrected chi connectivity index (χ0v) is 13.9. The number of piperazine rings is 1. The van der Waals surface area contributed by atoms with E-state index in [-0.39, 0.29) is 29.8 Å². The second-order valence-electron chi connectivity index (χ2n) is 6.97. The average molecular weight is 294 g/mol. The van der Waals surface area contributed by atoms with E-state index in [1.165, 1.54) is 6.42 Å². The van der Waals surface area contributed by atoms with Gasteiger partial charge in [-0.15, -0.1) is 0 Å². The van der Waals surface area contributed by atoms with Crippen LogP contribution in [0.1, 0.15) is 72.6 Å². The molecule has 1 aliphatic heterocycles. The molecule has 1 saturated heterocycles. The van der Waals surface area contributed by atoms with Crippen LogP contribution in [0.4, 0.5) is 0 Å². The van der Waals surface area contributed by atoms with Crippen molar-refractivity contribution in [3.8, 4) is 0 Å². The minimum Gasteiger partial charge on any atom is -0.342 e. The number of hydrogen-bond donors (Lipinski definition) is 1. The molecule has 1 heterocycles. The Morgan fingerprint density at radius 2 is 1.71 bits per heavy atom. The number of nitrogens with zero attached hydrogens (tertiary/aromatic N) is 1. The highest BCUT2D eigenvalue weighted by Gasteiger charge is 2.54. The molecule has 1 spiro atoms. The topological polar surface area (TPSA) is 49.4 Å². The molecule has 0 radical (unpaired) electrons. The number of hydrogen-bond acceptors (Lipinski definition) is 2. The summed E-state index contributed by atoms with van der Waals surface area (Å²) in [5.74, 6) is 0.367. The van der Waals surface area contributed by atoms with Crippen molar-refractivity contribution in [1.82, 2.24) is 10.2 Å². The van der Waals surface area contributed by atoms with Crippen molar-refractivity contribution in [2.24, 2.45) is 5.92 Å². The average Bonchev–Trinajstić information content (AvgIpc) is 2.48. The van der Waals surface area contributed by atoms with Gasteiger partial charge >= 0.3 is 0 Å². The van der Waals surface area contributed by atoms with E-state index in [9.17, 15) is 9.59 Å². The second kappa shape index (κ2) is 6.37. The lowest BCUT2D eigenvalue weighted by atomic mass is 9.75. The summed E-state index contributed by atoms with van der Waals surface area (Å²) in [5, 5.41) is 3.03. The second-order valence-corrected chi connectivity index (χ2v) is 6.97. The summed E-state index contributed by atoms with van der Waals surface area (Å²) in [7, 11) is 0. The van der Waals surface area contributed by atoms with Crippen LogP contribution in [0.2, 0.25) is 0 Å². The summed E-state index contributed by atoms with van der Waals surface area (Å²) in [6, 6.07) is -0.173. The summed E-state index contributed by atoms with van der Waals surface area (Å²) in [5.41, 5.74) is -0.572. The molecule has 1 unspecified atom stereocenters. The van der Waals surface area contributed by atoms with E-state index in [2.05, 4.69) is 19.2 Å². The molecule has 1 atom stereocenters. The maximum Gasteiger partial charge on any atom is 0.246 e. The molecule has 1 N–H and O–H groups in total. The van der Waals surface area contributed by atoms with Gasteiger partial charge in [0, 0.05) is 6.04 Å². The van der Waals surface area contributed by atoms with E-state index in [4.69, 9.17) is 0 Å². The Labute approximate surface area is 128 Å².